The quantitative estimate of drug-likeness (QED) is 0.619. The van der Waals surface area contributed by atoms with E-state index < -0.39 is 5.91 Å². The second-order valence-corrected chi connectivity index (χ2v) is 7.66. The lowest BCUT2D eigenvalue weighted by Gasteiger charge is -2.12. The third kappa shape index (κ3) is 3.76. The molecule has 4 nitrogen and oxygen atoms in total. The summed E-state index contributed by atoms with van der Waals surface area (Å²) in [5, 5.41) is 1.62. The van der Waals surface area contributed by atoms with E-state index in [-0.39, 0.29) is 5.78 Å². The zero-order valence-electron chi connectivity index (χ0n) is 15.8. The molecule has 1 aromatic heterocycles. The number of nitrogens with two attached hydrogens (primary N) is 1. The molecule has 2 N–H and O–H groups in total. The lowest BCUT2D eigenvalue weighted by molar-refractivity contribution is 0.0994. The number of hydrogen-bond donors (Lipinski definition) is 1. The topological polar surface area (TPSA) is 65.1 Å². The van der Waals surface area contributed by atoms with Crippen molar-refractivity contribution in [1.82, 2.24) is 4.57 Å². The summed E-state index contributed by atoms with van der Waals surface area (Å²) in [6.07, 6.45) is 0.775. The average Bonchev–Trinajstić information content (AvgIpc) is 2.89. The zero-order chi connectivity index (χ0) is 19.7. The number of halogens is 1. The Morgan fingerprint density at radius 1 is 1.15 bits per heavy atom. The maximum Gasteiger partial charge on any atom is 0.248 e. The van der Waals surface area contributed by atoms with Gasteiger partial charge in [-0.1, -0.05) is 49.7 Å². The van der Waals surface area contributed by atoms with Crippen molar-refractivity contribution >= 4 is 34.2 Å². The van der Waals surface area contributed by atoms with Crippen molar-refractivity contribution in [2.75, 3.05) is 0 Å². The minimum atomic E-state index is -0.489. The van der Waals surface area contributed by atoms with Gasteiger partial charge in [0.15, 0.2) is 5.78 Å². The third-order valence-corrected chi connectivity index (χ3v) is 5.05. The van der Waals surface area contributed by atoms with E-state index in [1.807, 2.05) is 34.9 Å². The molecule has 0 atom stereocenters. The van der Waals surface area contributed by atoms with Gasteiger partial charge in [0.25, 0.3) is 0 Å². The fraction of sp³-hybridized carbons (Fsp3) is 0.273. The van der Waals surface area contributed by atoms with E-state index >= 15 is 0 Å². The largest absolute Gasteiger partial charge is 0.366 e. The number of rotatable bonds is 6. The number of primary amides is 1. The molecule has 1 amide bonds. The molecule has 2 aromatic carbocycles. The van der Waals surface area contributed by atoms with E-state index in [0.717, 1.165) is 28.5 Å². The van der Waals surface area contributed by atoms with Crippen LogP contribution in [-0.4, -0.2) is 16.3 Å². The predicted octanol–water partition coefficient (Wildman–Crippen LogP) is 4.84. The van der Waals surface area contributed by atoms with Gasteiger partial charge in [0.1, 0.15) is 0 Å². The molecule has 0 radical (unpaired) electrons. The Bertz CT molecular complexity index is 1030. The number of aromatic nitrogens is 1. The number of ketones is 1. The maximum absolute atomic E-state index is 12.6. The van der Waals surface area contributed by atoms with Gasteiger partial charge in [0, 0.05) is 35.0 Å². The standard InChI is InChI=1S/C22H23ClN2O2/c1-13(2)10-18-17-9-8-15(22(24)27)11-20(17)25(21(18)14(3)26)12-16-6-4-5-7-19(16)23/h4-9,11,13H,10,12H2,1-3H3,(H2,24,27). The summed E-state index contributed by atoms with van der Waals surface area (Å²) in [6, 6.07) is 13.0. The van der Waals surface area contributed by atoms with Crippen LogP contribution in [0, 0.1) is 5.92 Å². The second kappa shape index (κ2) is 7.57. The molecule has 3 rings (SSSR count). The van der Waals surface area contributed by atoms with Gasteiger partial charge in [-0.3, -0.25) is 9.59 Å². The van der Waals surface area contributed by atoms with Crippen LogP contribution in [0.4, 0.5) is 0 Å². The van der Waals surface area contributed by atoms with Gasteiger partial charge < -0.3 is 10.3 Å². The number of carbonyl (C=O) groups excluding carboxylic acids is 2. The smallest absolute Gasteiger partial charge is 0.248 e. The summed E-state index contributed by atoms with van der Waals surface area (Å²) < 4.78 is 1.96. The minimum absolute atomic E-state index is 0.00507. The van der Waals surface area contributed by atoms with Crippen LogP contribution in [0.15, 0.2) is 42.5 Å². The van der Waals surface area contributed by atoms with Crippen LogP contribution >= 0.6 is 11.6 Å². The molecule has 140 valence electrons. The first-order valence-electron chi connectivity index (χ1n) is 8.98. The SMILES string of the molecule is CC(=O)c1c(CC(C)C)c2ccc(C(N)=O)cc2n1Cc1ccccc1Cl. The fourth-order valence-electron chi connectivity index (χ4n) is 3.55. The summed E-state index contributed by atoms with van der Waals surface area (Å²) in [4.78, 5) is 24.3. The van der Waals surface area contributed by atoms with E-state index in [2.05, 4.69) is 13.8 Å². The Hall–Kier alpha value is -2.59. The van der Waals surface area contributed by atoms with Crippen molar-refractivity contribution in [1.29, 1.82) is 0 Å². The van der Waals surface area contributed by atoms with Crippen molar-refractivity contribution in [2.45, 2.75) is 33.7 Å². The van der Waals surface area contributed by atoms with E-state index in [0.29, 0.717) is 28.7 Å². The number of benzene rings is 2. The third-order valence-electron chi connectivity index (χ3n) is 4.69. The molecule has 3 aromatic rings. The summed E-state index contributed by atoms with van der Waals surface area (Å²) >= 11 is 6.36. The second-order valence-electron chi connectivity index (χ2n) is 7.26. The predicted molar refractivity (Wildman–Crippen MR) is 110 cm³/mol. The van der Waals surface area contributed by atoms with E-state index in [9.17, 15) is 9.59 Å². The van der Waals surface area contributed by atoms with E-state index in [1.54, 1.807) is 19.1 Å². The Kier molecular flexibility index (Phi) is 5.38. The summed E-state index contributed by atoms with van der Waals surface area (Å²) in [5.41, 5.74) is 9.32. The summed E-state index contributed by atoms with van der Waals surface area (Å²) in [6.45, 7) is 6.28. The highest BCUT2D eigenvalue weighted by Crippen LogP contribution is 2.31. The van der Waals surface area contributed by atoms with Crippen molar-refractivity contribution in [3.05, 3.63) is 69.9 Å². The summed E-state index contributed by atoms with van der Waals surface area (Å²) in [5.74, 6) is -0.106. The van der Waals surface area contributed by atoms with Crippen molar-refractivity contribution in [2.24, 2.45) is 11.7 Å². The Morgan fingerprint density at radius 3 is 2.44 bits per heavy atom. The highest BCUT2D eigenvalue weighted by atomic mass is 35.5. The zero-order valence-corrected chi connectivity index (χ0v) is 16.5. The lowest BCUT2D eigenvalue weighted by atomic mass is 9.98. The normalized spacial score (nSPS) is 11.3. The molecular weight excluding hydrogens is 360 g/mol. The first-order valence-corrected chi connectivity index (χ1v) is 9.36. The minimum Gasteiger partial charge on any atom is -0.366 e. The molecule has 0 saturated heterocycles. The number of carbonyl (C=O) groups is 2. The van der Waals surface area contributed by atoms with Gasteiger partial charge in [-0.2, -0.15) is 0 Å². The summed E-state index contributed by atoms with van der Waals surface area (Å²) in [7, 11) is 0. The highest BCUT2D eigenvalue weighted by Gasteiger charge is 2.22. The molecule has 0 aliphatic carbocycles. The first-order chi connectivity index (χ1) is 12.8. The van der Waals surface area contributed by atoms with Gasteiger partial charge in [-0.25, -0.2) is 0 Å². The molecular formula is C22H23ClN2O2. The molecule has 0 unspecified atom stereocenters. The van der Waals surface area contributed by atoms with Gasteiger partial charge in [0.05, 0.1) is 5.69 Å². The maximum atomic E-state index is 12.6. The number of Topliss-reactive ketones (excluding diaryl/α,β-unsaturated/α-hetero) is 1. The van der Waals surface area contributed by atoms with Crippen LogP contribution in [0.1, 0.15) is 52.7 Å². The molecule has 1 heterocycles. The Morgan fingerprint density at radius 2 is 1.85 bits per heavy atom. The molecule has 0 spiro atoms. The van der Waals surface area contributed by atoms with E-state index in [1.165, 1.54) is 0 Å². The van der Waals surface area contributed by atoms with Crippen molar-refractivity contribution in [3.63, 3.8) is 0 Å². The van der Waals surface area contributed by atoms with Crippen molar-refractivity contribution < 1.29 is 9.59 Å². The number of fused-ring (bicyclic) bond motifs is 1. The van der Waals surface area contributed by atoms with Crippen molar-refractivity contribution in [3.8, 4) is 0 Å². The van der Waals surface area contributed by atoms with Gasteiger partial charge in [-0.05, 0) is 41.7 Å². The van der Waals surface area contributed by atoms with E-state index in [4.69, 9.17) is 17.3 Å². The fourth-order valence-corrected chi connectivity index (χ4v) is 3.75. The van der Waals surface area contributed by atoms with Crippen LogP contribution in [-0.2, 0) is 13.0 Å². The number of nitrogens with zero attached hydrogens (tertiary/aromatic N) is 1. The van der Waals surface area contributed by atoms with Gasteiger partial charge in [0.2, 0.25) is 5.91 Å². The molecule has 0 saturated carbocycles. The molecule has 0 aliphatic rings. The lowest BCUT2D eigenvalue weighted by Crippen LogP contribution is -2.12. The highest BCUT2D eigenvalue weighted by molar-refractivity contribution is 6.31. The Labute approximate surface area is 163 Å². The Balaban J connectivity index is 2.31. The van der Waals surface area contributed by atoms with Crippen LogP contribution in [0.5, 0.6) is 0 Å². The van der Waals surface area contributed by atoms with Crippen LogP contribution in [0.25, 0.3) is 10.9 Å². The first kappa shape index (κ1) is 19.2. The van der Waals surface area contributed by atoms with Crippen LogP contribution in [0.2, 0.25) is 5.02 Å². The molecule has 27 heavy (non-hydrogen) atoms. The van der Waals surface area contributed by atoms with Crippen LogP contribution in [0.3, 0.4) is 0 Å². The number of hydrogen-bond acceptors (Lipinski definition) is 2. The van der Waals surface area contributed by atoms with Crippen LogP contribution < -0.4 is 5.73 Å². The molecule has 0 fully saturated rings. The molecule has 0 aliphatic heterocycles. The average molecular weight is 383 g/mol. The van der Waals surface area contributed by atoms with Gasteiger partial charge in [-0.15, -0.1) is 0 Å². The number of amides is 1. The monoisotopic (exact) mass is 382 g/mol. The molecule has 5 heteroatoms. The van der Waals surface area contributed by atoms with Gasteiger partial charge >= 0.3 is 0 Å². The molecule has 0 bridgehead atoms.